The van der Waals surface area contributed by atoms with Gasteiger partial charge in [-0.05, 0) is 25.7 Å². The van der Waals surface area contributed by atoms with Gasteiger partial charge in [0.1, 0.15) is 5.82 Å². The Kier molecular flexibility index (Phi) is 3.99. The maximum atomic E-state index is 11.0. The van der Waals surface area contributed by atoms with Gasteiger partial charge < -0.3 is 10.6 Å². The largest absolute Gasteiger partial charge is 0.352 e. The van der Waals surface area contributed by atoms with Gasteiger partial charge in [-0.15, -0.1) is 0 Å². The Labute approximate surface area is 112 Å². The minimum Gasteiger partial charge on any atom is -0.352 e. The molecular formula is C13H20N4O2. The topological polar surface area (TPSA) is 85.3 Å². The highest BCUT2D eigenvalue weighted by Crippen LogP contribution is 2.29. The molecule has 1 aromatic heterocycles. The van der Waals surface area contributed by atoms with Crippen LogP contribution in [0.25, 0.3) is 0 Å². The van der Waals surface area contributed by atoms with Gasteiger partial charge in [-0.2, -0.15) is 0 Å². The van der Waals surface area contributed by atoms with Crippen molar-refractivity contribution in [2.45, 2.75) is 32.7 Å². The highest BCUT2D eigenvalue weighted by atomic mass is 16.6. The Morgan fingerprint density at radius 1 is 1.63 bits per heavy atom. The normalized spacial score (nSPS) is 23.4. The second kappa shape index (κ2) is 5.52. The second-order valence-corrected chi connectivity index (χ2v) is 5.30. The first-order valence-electron chi connectivity index (χ1n) is 6.60. The van der Waals surface area contributed by atoms with Crippen LogP contribution in [-0.2, 0) is 0 Å². The van der Waals surface area contributed by atoms with Crippen LogP contribution in [0, 0.1) is 23.0 Å². The van der Waals surface area contributed by atoms with Gasteiger partial charge in [-0.1, -0.05) is 6.92 Å². The number of nitrogens with zero attached hydrogens (tertiary/aromatic N) is 3. The quantitative estimate of drug-likeness (QED) is 0.665. The van der Waals surface area contributed by atoms with Gasteiger partial charge in [0.05, 0.1) is 11.0 Å². The van der Waals surface area contributed by atoms with Gasteiger partial charge >= 0.3 is 0 Å². The van der Waals surface area contributed by atoms with Crippen molar-refractivity contribution in [3.63, 3.8) is 0 Å². The van der Waals surface area contributed by atoms with E-state index in [0.29, 0.717) is 23.8 Å². The van der Waals surface area contributed by atoms with E-state index in [9.17, 15) is 10.1 Å². The third-order valence-electron chi connectivity index (χ3n) is 3.80. The zero-order valence-corrected chi connectivity index (χ0v) is 11.4. The summed E-state index contributed by atoms with van der Waals surface area (Å²) in [6, 6.07) is 1.78. The summed E-state index contributed by atoms with van der Waals surface area (Å²) in [4.78, 5) is 17.1. The lowest BCUT2D eigenvalue weighted by Crippen LogP contribution is -2.46. The van der Waals surface area contributed by atoms with E-state index >= 15 is 0 Å². The van der Waals surface area contributed by atoms with Crippen LogP contribution in [0.15, 0.2) is 12.3 Å². The minimum atomic E-state index is -0.357. The van der Waals surface area contributed by atoms with E-state index in [1.807, 2.05) is 0 Å². The van der Waals surface area contributed by atoms with Gasteiger partial charge in [0.15, 0.2) is 0 Å². The zero-order valence-electron chi connectivity index (χ0n) is 11.4. The summed E-state index contributed by atoms with van der Waals surface area (Å²) in [6.07, 6.45) is 3.65. The van der Waals surface area contributed by atoms with Gasteiger partial charge in [-0.3, -0.25) is 10.1 Å². The van der Waals surface area contributed by atoms with E-state index in [4.69, 9.17) is 5.73 Å². The molecule has 1 aromatic rings. The van der Waals surface area contributed by atoms with Crippen LogP contribution in [-0.4, -0.2) is 29.0 Å². The summed E-state index contributed by atoms with van der Waals surface area (Å²) in [5, 5.41) is 11.0. The Morgan fingerprint density at radius 3 is 3.00 bits per heavy atom. The van der Waals surface area contributed by atoms with E-state index < -0.39 is 0 Å². The van der Waals surface area contributed by atoms with Crippen molar-refractivity contribution >= 4 is 11.5 Å². The molecule has 0 radical (unpaired) electrons. The molecule has 1 aliphatic heterocycles. The number of nitrogens with two attached hydrogens (primary N) is 1. The number of aromatic nitrogens is 1. The van der Waals surface area contributed by atoms with Crippen LogP contribution < -0.4 is 10.6 Å². The number of piperidine rings is 1. The molecule has 0 spiro atoms. The average molecular weight is 264 g/mol. The Morgan fingerprint density at radius 2 is 2.37 bits per heavy atom. The van der Waals surface area contributed by atoms with Gasteiger partial charge in [0.2, 0.25) is 0 Å². The molecule has 0 aromatic carbocycles. The Bertz CT molecular complexity index is 478. The zero-order chi connectivity index (χ0) is 14.0. The molecule has 0 saturated carbocycles. The highest BCUT2D eigenvalue weighted by molar-refractivity contribution is 5.51. The first kappa shape index (κ1) is 13.7. The average Bonchev–Trinajstić information content (AvgIpc) is 2.39. The van der Waals surface area contributed by atoms with Crippen LogP contribution in [0.5, 0.6) is 0 Å². The third kappa shape index (κ3) is 2.84. The fraction of sp³-hybridized carbons (Fsp3) is 0.615. The van der Waals surface area contributed by atoms with Crippen molar-refractivity contribution in [1.29, 1.82) is 0 Å². The predicted molar refractivity (Wildman–Crippen MR) is 74.2 cm³/mol. The Balaban J connectivity index is 2.30. The number of hydrogen-bond acceptors (Lipinski definition) is 5. The number of nitro groups is 1. The monoisotopic (exact) mass is 264 g/mol. The van der Waals surface area contributed by atoms with Crippen molar-refractivity contribution < 1.29 is 4.92 Å². The lowest BCUT2D eigenvalue weighted by atomic mass is 9.92. The molecule has 0 amide bonds. The lowest BCUT2D eigenvalue weighted by molar-refractivity contribution is -0.385. The van der Waals surface area contributed by atoms with E-state index in [-0.39, 0.29) is 16.7 Å². The van der Waals surface area contributed by atoms with Crippen LogP contribution in [0.4, 0.5) is 11.5 Å². The van der Waals surface area contributed by atoms with Crippen molar-refractivity contribution in [3.8, 4) is 0 Å². The summed E-state index contributed by atoms with van der Waals surface area (Å²) in [7, 11) is 0. The number of hydrogen-bond donors (Lipinski definition) is 1. The summed E-state index contributed by atoms with van der Waals surface area (Å²) < 4.78 is 0. The van der Waals surface area contributed by atoms with E-state index in [1.165, 1.54) is 0 Å². The fourth-order valence-corrected chi connectivity index (χ4v) is 2.63. The molecule has 0 bridgehead atoms. The molecule has 1 fully saturated rings. The number of pyridine rings is 1. The smallest absolute Gasteiger partial charge is 0.277 e. The first-order valence-corrected chi connectivity index (χ1v) is 6.60. The second-order valence-electron chi connectivity index (χ2n) is 5.30. The van der Waals surface area contributed by atoms with E-state index in [0.717, 1.165) is 19.4 Å². The molecular weight excluding hydrogens is 244 g/mol. The summed E-state index contributed by atoms with van der Waals surface area (Å²) in [5.74, 6) is 1.31. The van der Waals surface area contributed by atoms with Crippen molar-refractivity contribution in [2.75, 3.05) is 18.0 Å². The van der Waals surface area contributed by atoms with Gasteiger partial charge in [0.25, 0.3) is 5.69 Å². The van der Waals surface area contributed by atoms with E-state index in [1.54, 1.807) is 19.2 Å². The van der Waals surface area contributed by atoms with Gasteiger partial charge in [0, 0.05) is 30.9 Å². The molecule has 19 heavy (non-hydrogen) atoms. The highest BCUT2D eigenvalue weighted by Gasteiger charge is 2.27. The van der Waals surface area contributed by atoms with Crippen LogP contribution in [0.2, 0.25) is 0 Å². The van der Waals surface area contributed by atoms with Crippen molar-refractivity contribution in [2.24, 2.45) is 11.7 Å². The molecule has 1 aliphatic rings. The molecule has 6 nitrogen and oxygen atoms in total. The van der Waals surface area contributed by atoms with Crippen LogP contribution in [0.1, 0.15) is 25.3 Å². The molecule has 6 heteroatoms. The lowest BCUT2D eigenvalue weighted by Gasteiger charge is -2.38. The summed E-state index contributed by atoms with van der Waals surface area (Å²) in [6.45, 7) is 5.32. The van der Waals surface area contributed by atoms with Crippen LogP contribution in [0.3, 0.4) is 0 Å². The molecule has 2 N–H and O–H groups in total. The number of anilines is 1. The summed E-state index contributed by atoms with van der Waals surface area (Å²) >= 11 is 0. The van der Waals surface area contributed by atoms with Crippen LogP contribution >= 0.6 is 0 Å². The number of rotatable bonds is 3. The number of aryl methyl sites for hydroxylation is 1. The fourth-order valence-electron chi connectivity index (χ4n) is 2.63. The molecule has 104 valence electrons. The minimum absolute atomic E-state index is 0.124. The molecule has 2 unspecified atom stereocenters. The predicted octanol–water partition coefficient (Wildman–Crippen LogP) is 1.86. The SMILES string of the molecule is Cc1cnc(N2CCC(C)CC2CN)cc1[N+](=O)[O-]. The van der Waals surface area contributed by atoms with Gasteiger partial charge in [-0.25, -0.2) is 4.98 Å². The van der Waals surface area contributed by atoms with E-state index in [2.05, 4.69) is 16.8 Å². The molecule has 2 atom stereocenters. The first-order chi connectivity index (χ1) is 9.02. The molecule has 0 aliphatic carbocycles. The standard InChI is InChI=1S/C13H20N4O2/c1-9-3-4-16(11(5-9)7-14)13-6-12(17(18)19)10(2)8-15-13/h6,8-9,11H,3-5,7,14H2,1-2H3. The third-order valence-corrected chi connectivity index (χ3v) is 3.80. The summed E-state index contributed by atoms with van der Waals surface area (Å²) in [5.41, 5.74) is 6.53. The molecule has 1 saturated heterocycles. The molecule has 2 heterocycles. The molecule has 2 rings (SSSR count). The maximum absolute atomic E-state index is 11.0. The van der Waals surface area contributed by atoms with Crippen molar-refractivity contribution in [1.82, 2.24) is 4.98 Å². The maximum Gasteiger partial charge on any atom is 0.277 e. The Hall–Kier alpha value is -1.69. The van der Waals surface area contributed by atoms with Crippen molar-refractivity contribution in [3.05, 3.63) is 27.9 Å².